The third-order valence-corrected chi connectivity index (χ3v) is 3.27. The second kappa shape index (κ2) is 6.75. The first kappa shape index (κ1) is 15.8. The highest BCUT2D eigenvalue weighted by Gasteiger charge is 2.30. The molecule has 4 nitrogen and oxygen atoms in total. The Bertz CT molecular complexity index is 343. The normalized spacial score (nSPS) is 19.0. The first-order valence-corrected chi connectivity index (χ1v) is 6.35. The van der Waals surface area contributed by atoms with Crippen molar-refractivity contribution in [1.82, 2.24) is 9.80 Å². The molecule has 1 rings (SSSR count). The highest BCUT2D eigenvalue weighted by molar-refractivity contribution is 5.76. The summed E-state index contributed by atoms with van der Waals surface area (Å²) in [5.41, 5.74) is 0. The largest absolute Gasteiger partial charge is 0.389 e. The quantitative estimate of drug-likeness (QED) is 0.787. The fourth-order valence-electron chi connectivity index (χ4n) is 2.12. The van der Waals surface area contributed by atoms with Gasteiger partial charge in [0.05, 0.1) is 18.5 Å². The van der Waals surface area contributed by atoms with Crippen molar-refractivity contribution in [3.8, 4) is 6.07 Å². The summed E-state index contributed by atoms with van der Waals surface area (Å²) in [5, 5.41) is 8.93. The molecule has 19 heavy (non-hydrogen) atoms. The minimum atomic E-state index is -4.29. The number of carbonyl (C=O) groups excluding carboxylic acids is 1. The lowest BCUT2D eigenvalue weighted by molar-refractivity contribution is -0.150. The lowest BCUT2D eigenvalue weighted by Crippen LogP contribution is -2.51. The fraction of sp³-hybridized carbons (Fsp3) is 0.833. The fourth-order valence-corrected chi connectivity index (χ4v) is 2.12. The Morgan fingerprint density at radius 3 is 2.32 bits per heavy atom. The first-order chi connectivity index (χ1) is 8.87. The minimum absolute atomic E-state index is 0.174. The average Bonchev–Trinajstić information content (AvgIpc) is 2.37. The molecule has 1 unspecified atom stereocenters. The molecule has 0 bridgehead atoms. The van der Waals surface area contributed by atoms with Gasteiger partial charge in [-0.25, -0.2) is 0 Å². The smallest absolute Gasteiger partial charge is 0.340 e. The summed E-state index contributed by atoms with van der Waals surface area (Å²) in [6, 6.07) is 2.01. The van der Waals surface area contributed by atoms with Crippen molar-refractivity contribution in [3.05, 3.63) is 0 Å². The van der Waals surface area contributed by atoms with Crippen molar-refractivity contribution in [2.75, 3.05) is 26.2 Å². The Hall–Kier alpha value is -1.29. The molecule has 1 atom stereocenters. The van der Waals surface area contributed by atoms with Gasteiger partial charge in [0.2, 0.25) is 5.91 Å². The third kappa shape index (κ3) is 5.07. The molecule has 1 aliphatic heterocycles. The predicted molar refractivity (Wildman–Crippen MR) is 63.1 cm³/mol. The summed E-state index contributed by atoms with van der Waals surface area (Å²) in [6.45, 7) is 3.80. The van der Waals surface area contributed by atoms with E-state index in [9.17, 15) is 18.0 Å². The van der Waals surface area contributed by atoms with E-state index in [1.54, 1.807) is 0 Å². The number of hydrogen-bond acceptors (Lipinski definition) is 3. The highest BCUT2D eigenvalue weighted by atomic mass is 19.4. The standard InChI is InChI=1S/C12H18F3N3O/c1-2-10(9-16)17-5-7-18(8-6-17)11(19)3-4-12(13,14)15/h10H,2-8H2,1H3. The van der Waals surface area contributed by atoms with E-state index in [0.717, 1.165) is 0 Å². The van der Waals surface area contributed by atoms with Gasteiger partial charge in [-0.05, 0) is 6.42 Å². The van der Waals surface area contributed by atoms with Crippen LogP contribution in [0.4, 0.5) is 13.2 Å². The van der Waals surface area contributed by atoms with Gasteiger partial charge in [0, 0.05) is 32.6 Å². The van der Waals surface area contributed by atoms with Gasteiger partial charge in [-0.3, -0.25) is 9.69 Å². The summed E-state index contributed by atoms with van der Waals surface area (Å²) in [4.78, 5) is 15.0. The van der Waals surface area contributed by atoms with Crippen LogP contribution in [0.25, 0.3) is 0 Å². The predicted octanol–water partition coefficient (Wildman–Crippen LogP) is 1.78. The van der Waals surface area contributed by atoms with E-state index in [4.69, 9.17) is 5.26 Å². The maximum atomic E-state index is 12.0. The van der Waals surface area contributed by atoms with Crippen LogP contribution in [-0.2, 0) is 4.79 Å². The average molecular weight is 277 g/mol. The minimum Gasteiger partial charge on any atom is -0.340 e. The van der Waals surface area contributed by atoms with Crippen LogP contribution in [0, 0.1) is 11.3 Å². The summed E-state index contributed by atoms with van der Waals surface area (Å²) < 4.78 is 36.1. The molecular formula is C12H18F3N3O. The van der Waals surface area contributed by atoms with Crippen LogP contribution < -0.4 is 0 Å². The van der Waals surface area contributed by atoms with E-state index in [1.165, 1.54) is 4.90 Å². The van der Waals surface area contributed by atoms with Crippen molar-refractivity contribution in [2.45, 2.75) is 38.4 Å². The number of nitrogens with zero attached hydrogens (tertiary/aromatic N) is 3. The van der Waals surface area contributed by atoms with E-state index in [0.29, 0.717) is 32.6 Å². The molecule has 108 valence electrons. The molecule has 1 heterocycles. The zero-order valence-electron chi connectivity index (χ0n) is 10.9. The summed E-state index contributed by atoms with van der Waals surface area (Å²) in [6.07, 6.45) is -5.13. The van der Waals surface area contributed by atoms with Crippen LogP contribution in [0.1, 0.15) is 26.2 Å². The zero-order chi connectivity index (χ0) is 14.5. The van der Waals surface area contributed by atoms with Gasteiger partial charge in [-0.1, -0.05) is 6.92 Å². The molecule has 0 aromatic rings. The summed E-state index contributed by atoms with van der Waals surface area (Å²) in [5.74, 6) is -0.456. The molecular weight excluding hydrogens is 259 g/mol. The zero-order valence-corrected chi connectivity index (χ0v) is 10.9. The third-order valence-electron chi connectivity index (χ3n) is 3.27. The van der Waals surface area contributed by atoms with Crippen molar-refractivity contribution in [2.24, 2.45) is 0 Å². The van der Waals surface area contributed by atoms with Gasteiger partial charge in [0.25, 0.3) is 0 Å². The molecule has 1 saturated heterocycles. The van der Waals surface area contributed by atoms with Crippen molar-refractivity contribution < 1.29 is 18.0 Å². The van der Waals surface area contributed by atoms with Crippen molar-refractivity contribution >= 4 is 5.91 Å². The van der Waals surface area contributed by atoms with Crippen LogP contribution in [0.3, 0.4) is 0 Å². The van der Waals surface area contributed by atoms with E-state index in [1.807, 2.05) is 11.8 Å². The highest BCUT2D eigenvalue weighted by Crippen LogP contribution is 2.22. The Kier molecular flexibility index (Phi) is 5.60. The number of carbonyl (C=O) groups is 1. The van der Waals surface area contributed by atoms with Gasteiger partial charge >= 0.3 is 6.18 Å². The Morgan fingerprint density at radius 2 is 1.89 bits per heavy atom. The van der Waals surface area contributed by atoms with E-state index in [-0.39, 0.29) is 6.04 Å². The van der Waals surface area contributed by atoms with Crippen LogP contribution in [0.2, 0.25) is 0 Å². The number of hydrogen-bond donors (Lipinski definition) is 0. The molecule has 1 aliphatic rings. The molecule has 0 saturated carbocycles. The number of piperazine rings is 1. The Labute approximate surface area is 110 Å². The molecule has 1 fully saturated rings. The maximum Gasteiger partial charge on any atom is 0.389 e. The molecule has 0 aromatic heterocycles. The number of amides is 1. The summed E-state index contributed by atoms with van der Waals surface area (Å²) in [7, 11) is 0. The molecule has 0 spiro atoms. The van der Waals surface area contributed by atoms with E-state index >= 15 is 0 Å². The lowest BCUT2D eigenvalue weighted by atomic mass is 10.1. The van der Waals surface area contributed by atoms with Crippen LogP contribution >= 0.6 is 0 Å². The van der Waals surface area contributed by atoms with Crippen LogP contribution in [0.5, 0.6) is 0 Å². The maximum absolute atomic E-state index is 12.0. The number of rotatable bonds is 4. The second-order valence-electron chi connectivity index (χ2n) is 4.59. The number of nitriles is 1. The molecule has 0 radical (unpaired) electrons. The van der Waals surface area contributed by atoms with E-state index in [2.05, 4.69) is 6.07 Å². The van der Waals surface area contributed by atoms with Crippen molar-refractivity contribution in [1.29, 1.82) is 5.26 Å². The van der Waals surface area contributed by atoms with Gasteiger partial charge in [0.15, 0.2) is 0 Å². The van der Waals surface area contributed by atoms with Crippen LogP contribution in [0.15, 0.2) is 0 Å². The monoisotopic (exact) mass is 277 g/mol. The summed E-state index contributed by atoms with van der Waals surface area (Å²) >= 11 is 0. The molecule has 1 amide bonds. The van der Waals surface area contributed by atoms with Gasteiger partial charge in [-0.15, -0.1) is 0 Å². The van der Waals surface area contributed by atoms with Crippen LogP contribution in [-0.4, -0.2) is 54.1 Å². The van der Waals surface area contributed by atoms with E-state index < -0.39 is 24.9 Å². The lowest BCUT2D eigenvalue weighted by Gasteiger charge is -2.36. The number of halogens is 3. The SMILES string of the molecule is CCC(C#N)N1CCN(C(=O)CCC(F)(F)F)CC1. The molecule has 0 aromatic carbocycles. The molecule has 0 N–H and O–H groups in total. The second-order valence-corrected chi connectivity index (χ2v) is 4.59. The van der Waals surface area contributed by atoms with Gasteiger partial charge < -0.3 is 4.90 Å². The van der Waals surface area contributed by atoms with Crippen molar-refractivity contribution in [3.63, 3.8) is 0 Å². The van der Waals surface area contributed by atoms with Gasteiger partial charge in [0.1, 0.15) is 0 Å². The first-order valence-electron chi connectivity index (χ1n) is 6.35. The molecule has 0 aliphatic carbocycles. The topological polar surface area (TPSA) is 47.3 Å². The molecule has 7 heteroatoms. The Balaban J connectivity index is 2.37. The van der Waals surface area contributed by atoms with Gasteiger partial charge in [-0.2, -0.15) is 18.4 Å². The number of alkyl halides is 3. The Morgan fingerprint density at radius 1 is 1.32 bits per heavy atom.